The molecule has 1 aromatic carbocycles. The second-order valence-electron chi connectivity index (χ2n) is 6.41. The summed E-state index contributed by atoms with van der Waals surface area (Å²) in [6.07, 6.45) is 3.55. The van der Waals surface area contributed by atoms with Gasteiger partial charge in [0.25, 0.3) is 0 Å². The van der Waals surface area contributed by atoms with Crippen molar-refractivity contribution < 1.29 is 9.53 Å². The molecule has 1 saturated heterocycles. The van der Waals surface area contributed by atoms with E-state index < -0.39 is 0 Å². The number of amides is 1. The van der Waals surface area contributed by atoms with E-state index in [4.69, 9.17) is 4.74 Å². The fourth-order valence-corrected chi connectivity index (χ4v) is 3.22. The number of hydrogen-bond donors (Lipinski definition) is 1. The lowest BCUT2D eigenvalue weighted by molar-refractivity contribution is -0.118. The van der Waals surface area contributed by atoms with Gasteiger partial charge in [-0.05, 0) is 30.5 Å². The number of morpholine rings is 1. The van der Waals surface area contributed by atoms with E-state index in [0.29, 0.717) is 0 Å². The molecule has 5 heteroatoms. The van der Waals surface area contributed by atoms with E-state index in [1.54, 1.807) is 6.20 Å². The molecule has 24 heavy (non-hydrogen) atoms. The van der Waals surface area contributed by atoms with Crippen molar-refractivity contribution in [2.45, 2.75) is 18.3 Å². The van der Waals surface area contributed by atoms with Crippen LogP contribution in [-0.2, 0) is 14.9 Å². The summed E-state index contributed by atoms with van der Waals surface area (Å²) in [5.41, 5.74) is 1.49. The molecule has 0 spiro atoms. The van der Waals surface area contributed by atoms with E-state index in [9.17, 15) is 4.79 Å². The molecule has 2 heterocycles. The Balaban J connectivity index is 1.44. The zero-order chi connectivity index (χ0) is 16.4. The van der Waals surface area contributed by atoms with E-state index >= 15 is 0 Å². The highest BCUT2D eigenvalue weighted by atomic mass is 16.5. The smallest absolute Gasteiger partial charge is 0.235 e. The first-order valence-electron chi connectivity index (χ1n) is 8.44. The summed E-state index contributed by atoms with van der Waals surface area (Å²) in [6.45, 7) is 3.19. The van der Waals surface area contributed by atoms with Gasteiger partial charge in [0, 0.05) is 13.1 Å². The predicted molar refractivity (Wildman–Crippen MR) is 93.3 cm³/mol. The molecule has 1 aromatic heterocycles. The van der Waals surface area contributed by atoms with Crippen molar-refractivity contribution in [3.8, 4) is 0 Å². The van der Waals surface area contributed by atoms with Crippen LogP contribution in [0.1, 0.15) is 18.4 Å². The molecule has 0 radical (unpaired) electrons. The number of rotatable bonds is 4. The maximum atomic E-state index is 12.7. The first-order chi connectivity index (χ1) is 11.8. The summed E-state index contributed by atoms with van der Waals surface area (Å²) in [6, 6.07) is 13.9. The van der Waals surface area contributed by atoms with Gasteiger partial charge in [-0.1, -0.05) is 30.3 Å². The van der Waals surface area contributed by atoms with E-state index in [0.717, 1.165) is 56.2 Å². The Hall–Kier alpha value is -2.40. The monoisotopic (exact) mass is 323 g/mol. The maximum absolute atomic E-state index is 12.7. The molecule has 2 aliphatic rings. The average Bonchev–Trinajstić information content (AvgIpc) is 3.46. The van der Waals surface area contributed by atoms with Crippen LogP contribution >= 0.6 is 0 Å². The van der Waals surface area contributed by atoms with Crippen LogP contribution in [0, 0.1) is 0 Å². The number of carbonyl (C=O) groups is 1. The number of pyridine rings is 1. The van der Waals surface area contributed by atoms with E-state index in [1.807, 2.05) is 42.5 Å². The summed E-state index contributed by atoms with van der Waals surface area (Å²) in [5.74, 6) is 0.995. The number of ether oxygens (including phenoxy) is 1. The molecule has 1 aliphatic heterocycles. The Morgan fingerprint density at radius 1 is 1.08 bits per heavy atom. The molecule has 2 fully saturated rings. The fourth-order valence-electron chi connectivity index (χ4n) is 3.22. The topological polar surface area (TPSA) is 54.5 Å². The lowest BCUT2D eigenvalue weighted by Crippen LogP contribution is -2.36. The molecule has 5 nitrogen and oxygen atoms in total. The van der Waals surface area contributed by atoms with Crippen LogP contribution in [0.5, 0.6) is 0 Å². The largest absolute Gasteiger partial charge is 0.378 e. The van der Waals surface area contributed by atoms with Gasteiger partial charge >= 0.3 is 0 Å². The second-order valence-corrected chi connectivity index (χ2v) is 6.41. The van der Waals surface area contributed by atoms with Crippen molar-refractivity contribution >= 4 is 17.4 Å². The Morgan fingerprint density at radius 3 is 2.46 bits per heavy atom. The number of aromatic nitrogens is 1. The predicted octanol–water partition coefficient (Wildman–Crippen LogP) is 2.59. The third-order valence-corrected chi connectivity index (χ3v) is 4.85. The lowest BCUT2D eigenvalue weighted by atomic mass is 9.95. The first kappa shape index (κ1) is 15.1. The Labute approximate surface area is 141 Å². The minimum Gasteiger partial charge on any atom is -0.378 e. The second kappa shape index (κ2) is 6.24. The van der Waals surface area contributed by atoms with Gasteiger partial charge in [-0.15, -0.1) is 0 Å². The molecule has 1 N–H and O–H groups in total. The summed E-state index contributed by atoms with van der Waals surface area (Å²) < 4.78 is 5.36. The van der Waals surface area contributed by atoms with Crippen molar-refractivity contribution in [3.63, 3.8) is 0 Å². The average molecular weight is 323 g/mol. The third-order valence-electron chi connectivity index (χ3n) is 4.85. The van der Waals surface area contributed by atoms with Crippen LogP contribution in [0.2, 0.25) is 0 Å². The number of nitrogens with zero attached hydrogens (tertiary/aromatic N) is 2. The van der Waals surface area contributed by atoms with Crippen LogP contribution < -0.4 is 10.2 Å². The van der Waals surface area contributed by atoms with Gasteiger partial charge in [-0.3, -0.25) is 4.79 Å². The number of carbonyl (C=O) groups excluding carboxylic acids is 1. The molecular weight excluding hydrogens is 302 g/mol. The fraction of sp³-hybridized carbons (Fsp3) is 0.368. The van der Waals surface area contributed by atoms with Crippen molar-refractivity contribution in [1.82, 2.24) is 4.98 Å². The van der Waals surface area contributed by atoms with Crippen LogP contribution in [0.15, 0.2) is 48.7 Å². The molecule has 0 unspecified atom stereocenters. The minimum atomic E-state index is -0.357. The normalized spacial score (nSPS) is 18.9. The summed E-state index contributed by atoms with van der Waals surface area (Å²) >= 11 is 0. The van der Waals surface area contributed by atoms with E-state index in [1.165, 1.54) is 0 Å². The molecule has 0 bridgehead atoms. The van der Waals surface area contributed by atoms with Gasteiger partial charge < -0.3 is 15.0 Å². The van der Waals surface area contributed by atoms with Crippen LogP contribution in [0.25, 0.3) is 0 Å². The number of nitrogens with one attached hydrogen (secondary N) is 1. The van der Waals surface area contributed by atoms with Crippen LogP contribution in [0.4, 0.5) is 11.5 Å². The zero-order valence-electron chi connectivity index (χ0n) is 13.6. The van der Waals surface area contributed by atoms with Gasteiger partial charge in [0.15, 0.2) is 0 Å². The highest BCUT2D eigenvalue weighted by Crippen LogP contribution is 2.48. The molecular formula is C19H21N3O2. The Kier molecular flexibility index (Phi) is 3.94. The molecule has 1 amide bonds. The van der Waals surface area contributed by atoms with Gasteiger partial charge in [0.2, 0.25) is 5.91 Å². The standard InChI is InChI=1S/C19H21N3O2/c23-18(19(8-9-19)15-4-2-1-3-5-15)21-16-6-7-17(20-14-16)22-10-12-24-13-11-22/h1-7,14H,8-13H2,(H,21,23). The van der Waals surface area contributed by atoms with E-state index in [-0.39, 0.29) is 11.3 Å². The molecule has 4 rings (SSSR count). The van der Waals surface area contributed by atoms with Crippen molar-refractivity contribution in [2.75, 3.05) is 36.5 Å². The summed E-state index contributed by atoms with van der Waals surface area (Å²) in [4.78, 5) is 19.4. The van der Waals surface area contributed by atoms with Gasteiger partial charge in [-0.2, -0.15) is 0 Å². The molecule has 124 valence electrons. The maximum Gasteiger partial charge on any atom is 0.235 e. The van der Waals surface area contributed by atoms with Crippen molar-refractivity contribution in [3.05, 3.63) is 54.2 Å². The van der Waals surface area contributed by atoms with Gasteiger partial charge in [-0.25, -0.2) is 4.98 Å². The lowest BCUT2D eigenvalue weighted by Gasteiger charge is -2.27. The Bertz CT molecular complexity index is 705. The van der Waals surface area contributed by atoms with Crippen LogP contribution in [-0.4, -0.2) is 37.2 Å². The summed E-state index contributed by atoms with van der Waals surface area (Å²) in [7, 11) is 0. The van der Waals surface area contributed by atoms with Crippen LogP contribution in [0.3, 0.4) is 0 Å². The highest BCUT2D eigenvalue weighted by Gasteiger charge is 2.51. The number of benzene rings is 1. The molecule has 2 aromatic rings. The Morgan fingerprint density at radius 2 is 1.83 bits per heavy atom. The molecule has 0 atom stereocenters. The number of hydrogen-bond acceptors (Lipinski definition) is 4. The summed E-state index contributed by atoms with van der Waals surface area (Å²) in [5, 5.41) is 3.03. The van der Waals surface area contributed by atoms with Crippen molar-refractivity contribution in [1.29, 1.82) is 0 Å². The SMILES string of the molecule is O=C(Nc1ccc(N2CCOCC2)nc1)C1(c2ccccc2)CC1. The van der Waals surface area contributed by atoms with Gasteiger partial charge in [0.05, 0.1) is 30.5 Å². The first-order valence-corrected chi connectivity index (χ1v) is 8.44. The highest BCUT2D eigenvalue weighted by molar-refractivity contribution is 6.01. The van der Waals surface area contributed by atoms with Gasteiger partial charge in [0.1, 0.15) is 5.82 Å². The van der Waals surface area contributed by atoms with E-state index in [2.05, 4.69) is 15.2 Å². The molecule has 1 saturated carbocycles. The third kappa shape index (κ3) is 2.87. The zero-order valence-corrected chi connectivity index (χ0v) is 13.6. The quantitative estimate of drug-likeness (QED) is 0.940. The molecule has 1 aliphatic carbocycles. The minimum absolute atomic E-state index is 0.0645. The number of anilines is 2. The van der Waals surface area contributed by atoms with Crippen molar-refractivity contribution in [2.24, 2.45) is 0 Å².